The summed E-state index contributed by atoms with van der Waals surface area (Å²) in [4.78, 5) is 28.3. The Morgan fingerprint density at radius 3 is 2.03 bits per heavy atom. The van der Waals surface area contributed by atoms with Crippen molar-refractivity contribution >= 4 is 23.1 Å². The summed E-state index contributed by atoms with van der Waals surface area (Å²) in [6, 6.07) is 21.7. The van der Waals surface area contributed by atoms with E-state index in [1.165, 1.54) is 4.90 Å². The summed E-state index contributed by atoms with van der Waals surface area (Å²) >= 11 is 0. The van der Waals surface area contributed by atoms with Crippen molar-refractivity contribution in [2.24, 2.45) is 0 Å². The first-order valence-electron chi connectivity index (χ1n) is 10.9. The summed E-state index contributed by atoms with van der Waals surface area (Å²) in [5.41, 5.74) is 2.54. The molecule has 34 heavy (non-hydrogen) atoms. The smallest absolute Gasteiger partial charge is 0.278 e. The number of carbonyl (C=O) groups excluding carboxylic acids is 2. The molecule has 2 amide bonds. The van der Waals surface area contributed by atoms with E-state index in [9.17, 15) is 9.59 Å². The van der Waals surface area contributed by atoms with Gasteiger partial charge in [0.15, 0.2) is 0 Å². The summed E-state index contributed by atoms with van der Waals surface area (Å²) in [5.74, 6) is 1.18. The summed E-state index contributed by atoms with van der Waals surface area (Å²) in [6.45, 7) is 2.50. The van der Waals surface area contributed by atoms with Crippen molar-refractivity contribution in [1.29, 1.82) is 0 Å². The molecule has 3 aromatic rings. The largest absolute Gasteiger partial charge is 0.497 e. The van der Waals surface area contributed by atoms with Gasteiger partial charge in [-0.1, -0.05) is 36.4 Å². The van der Waals surface area contributed by atoms with Crippen molar-refractivity contribution in [1.82, 2.24) is 4.90 Å². The molecule has 7 nitrogen and oxygen atoms in total. The molecule has 0 bridgehead atoms. The van der Waals surface area contributed by atoms with E-state index in [0.29, 0.717) is 40.7 Å². The van der Waals surface area contributed by atoms with Crippen molar-refractivity contribution in [3.8, 4) is 17.2 Å². The first-order valence-corrected chi connectivity index (χ1v) is 10.9. The van der Waals surface area contributed by atoms with Crippen LogP contribution in [0.3, 0.4) is 0 Å². The highest BCUT2D eigenvalue weighted by Crippen LogP contribution is 2.34. The average molecular weight is 459 g/mol. The summed E-state index contributed by atoms with van der Waals surface area (Å²) in [5, 5.41) is 3.18. The van der Waals surface area contributed by atoms with Gasteiger partial charge in [0.1, 0.15) is 22.9 Å². The minimum atomic E-state index is -0.405. The Labute approximate surface area is 198 Å². The van der Waals surface area contributed by atoms with E-state index >= 15 is 0 Å². The molecule has 1 aliphatic heterocycles. The highest BCUT2D eigenvalue weighted by Gasteiger charge is 2.39. The Hall–Kier alpha value is -4.26. The number of nitrogens with zero attached hydrogens (tertiary/aromatic N) is 1. The molecule has 0 aromatic heterocycles. The van der Waals surface area contributed by atoms with Crippen LogP contribution in [0.4, 0.5) is 5.69 Å². The second-order valence-electron chi connectivity index (χ2n) is 7.58. The Kier molecular flexibility index (Phi) is 6.82. The highest BCUT2D eigenvalue weighted by molar-refractivity contribution is 6.36. The summed E-state index contributed by atoms with van der Waals surface area (Å²) < 4.78 is 16.1. The summed E-state index contributed by atoms with van der Waals surface area (Å²) in [6.07, 6.45) is 0. The number of hydrogen-bond donors (Lipinski definition) is 1. The highest BCUT2D eigenvalue weighted by atomic mass is 16.5. The predicted molar refractivity (Wildman–Crippen MR) is 130 cm³/mol. The minimum Gasteiger partial charge on any atom is -0.497 e. The van der Waals surface area contributed by atoms with E-state index in [1.807, 2.05) is 43.3 Å². The lowest BCUT2D eigenvalue weighted by Crippen LogP contribution is -2.32. The lowest BCUT2D eigenvalue weighted by atomic mass is 10.0. The Balaban J connectivity index is 1.72. The number of nitrogens with one attached hydrogen (secondary N) is 1. The number of benzene rings is 3. The van der Waals surface area contributed by atoms with Crippen LogP contribution in [0.5, 0.6) is 17.2 Å². The van der Waals surface area contributed by atoms with Gasteiger partial charge in [0.05, 0.1) is 38.6 Å². The van der Waals surface area contributed by atoms with E-state index < -0.39 is 5.91 Å². The van der Waals surface area contributed by atoms with Gasteiger partial charge in [-0.25, -0.2) is 0 Å². The van der Waals surface area contributed by atoms with Gasteiger partial charge in [0.25, 0.3) is 11.8 Å². The normalized spacial score (nSPS) is 13.3. The standard InChI is InChI=1S/C27H26N2O5/c1-4-34-23-8-6-5-7-22(23)28-25-24(19-11-15-21(33-3)16-12-19)26(30)29(27(25)31)17-18-9-13-20(32-2)14-10-18/h5-16,28H,4,17H2,1-3H3. The van der Waals surface area contributed by atoms with Gasteiger partial charge in [0, 0.05) is 0 Å². The van der Waals surface area contributed by atoms with Gasteiger partial charge >= 0.3 is 0 Å². The van der Waals surface area contributed by atoms with Crippen molar-refractivity contribution in [2.45, 2.75) is 13.5 Å². The molecule has 0 aliphatic carbocycles. The van der Waals surface area contributed by atoms with Crippen LogP contribution in [0.25, 0.3) is 5.57 Å². The van der Waals surface area contributed by atoms with Gasteiger partial charge in [-0.3, -0.25) is 14.5 Å². The number of ether oxygens (including phenoxy) is 3. The fourth-order valence-corrected chi connectivity index (χ4v) is 3.76. The molecule has 0 spiro atoms. The lowest BCUT2D eigenvalue weighted by molar-refractivity contribution is -0.137. The third-order valence-electron chi connectivity index (χ3n) is 5.49. The van der Waals surface area contributed by atoms with Crippen LogP contribution >= 0.6 is 0 Å². The van der Waals surface area contributed by atoms with Crippen molar-refractivity contribution in [2.75, 3.05) is 26.1 Å². The number of methoxy groups -OCH3 is 2. The molecule has 1 N–H and O–H groups in total. The third-order valence-corrected chi connectivity index (χ3v) is 5.49. The summed E-state index contributed by atoms with van der Waals surface area (Å²) in [7, 11) is 3.17. The molecule has 1 heterocycles. The van der Waals surface area contributed by atoms with Gasteiger partial charge in [-0.2, -0.15) is 0 Å². The second kappa shape index (κ2) is 10.1. The van der Waals surface area contributed by atoms with Crippen molar-refractivity contribution < 1.29 is 23.8 Å². The molecule has 0 radical (unpaired) electrons. The Morgan fingerprint density at radius 2 is 1.41 bits per heavy atom. The average Bonchev–Trinajstić information content (AvgIpc) is 3.10. The molecule has 4 rings (SSSR count). The number of imide groups is 1. The van der Waals surface area contributed by atoms with Crippen LogP contribution in [0.2, 0.25) is 0 Å². The zero-order valence-electron chi connectivity index (χ0n) is 19.3. The van der Waals surface area contributed by atoms with Crippen LogP contribution in [-0.4, -0.2) is 37.5 Å². The van der Waals surface area contributed by atoms with Crippen LogP contribution in [-0.2, 0) is 16.1 Å². The number of para-hydroxylation sites is 2. The van der Waals surface area contributed by atoms with Crippen molar-refractivity contribution in [3.05, 3.63) is 89.6 Å². The van der Waals surface area contributed by atoms with Crippen molar-refractivity contribution in [3.63, 3.8) is 0 Å². The number of hydrogen-bond acceptors (Lipinski definition) is 6. The van der Waals surface area contributed by atoms with Gasteiger partial charge < -0.3 is 19.5 Å². The number of anilines is 1. The van der Waals surface area contributed by atoms with Crippen LogP contribution in [0, 0.1) is 0 Å². The molecule has 0 unspecified atom stereocenters. The molecular weight excluding hydrogens is 432 g/mol. The molecule has 0 saturated heterocycles. The van der Waals surface area contributed by atoms with Crippen LogP contribution in [0.15, 0.2) is 78.5 Å². The maximum Gasteiger partial charge on any atom is 0.278 e. The fourth-order valence-electron chi connectivity index (χ4n) is 3.76. The third kappa shape index (κ3) is 4.59. The zero-order chi connectivity index (χ0) is 24.1. The molecule has 3 aromatic carbocycles. The molecule has 0 atom stereocenters. The monoisotopic (exact) mass is 458 g/mol. The molecule has 0 saturated carbocycles. The molecular formula is C27H26N2O5. The van der Waals surface area contributed by atoms with E-state index in [2.05, 4.69) is 5.32 Å². The molecule has 7 heteroatoms. The molecule has 1 aliphatic rings. The predicted octanol–water partition coefficient (Wildman–Crippen LogP) is 4.49. The van der Waals surface area contributed by atoms with Crippen LogP contribution < -0.4 is 19.5 Å². The fraction of sp³-hybridized carbons (Fsp3) is 0.185. The maximum atomic E-state index is 13.5. The second-order valence-corrected chi connectivity index (χ2v) is 7.58. The van der Waals surface area contributed by atoms with E-state index in [1.54, 1.807) is 50.6 Å². The SMILES string of the molecule is CCOc1ccccc1NC1=C(c2ccc(OC)cc2)C(=O)N(Cc2ccc(OC)cc2)C1=O. The first kappa shape index (κ1) is 22.9. The van der Waals surface area contributed by atoms with E-state index in [0.717, 1.165) is 5.56 Å². The molecule has 174 valence electrons. The number of amides is 2. The maximum absolute atomic E-state index is 13.5. The van der Waals surface area contributed by atoms with Gasteiger partial charge in [-0.15, -0.1) is 0 Å². The minimum absolute atomic E-state index is 0.138. The van der Waals surface area contributed by atoms with E-state index in [4.69, 9.17) is 14.2 Å². The topological polar surface area (TPSA) is 77.1 Å². The van der Waals surface area contributed by atoms with Crippen LogP contribution in [0.1, 0.15) is 18.1 Å². The van der Waals surface area contributed by atoms with Gasteiger partial charge in [0.2, 0.25) is 0 Å². The first-order chi connectivity index (χ1) is 16.5. The quantitative estimate of drug-likeness (QED) is 0.476. The lowest BCUT2D eigenvalue weighted by Gasteiger charge is -2.16. The molecule has 0 fully saturated rings. The Bertz CT molecular complexity index is 1220. The van der Waals surface area contributed by atoms with Gasteiger partial charge in [-0.05, 0) is 54.4 Å². The Morgan fingerprint density at radius 1 is 0.794 bits per heavy atom. The van der Waals surface area contributed by atoms with E-state index in [-0.39, 0.29) is 18.1 Å². The number of rotatable bonds is 9. The zero-order valence-corrected chi connectivity index (χ0v) is 19.3. The number of carbonyl (C=O) groups is 2.